The number of benzene rings is 1. The van der Waals surface area contributed by atoms with Gasteiger partial charge in [-0.2, -0.15) is 0 Å². The van der Waals surface area contributed by atoms with Crippen LogP contribution in [0.15, 0.2) is 53.8 Å². The van der Waals surface area contributed by atoms with Gasteiger partial charge in [-0.3, -0.25) is 4.98 Å². The average molecular weight is 378 g/mol. The predicted octanol–water partition coefficient (Wildman–Crippen LogP) is 2.90. The number of halogens is 1. The van der Waals surface area contributed by atoms with E-state index in [-0.39, 0.29) is 12.4 Å². The van der Waals surface area contributed by atoms with Crippen LogP contribution in [0.25, 0.3) is 0 Å². The highest BCUT2D eigenvalue weighted by Gasteiger charge is 2.13. The van der Waals surface area contributed by atoms with E-state index in [0.717, 1.165) is 22.4 Å². The van der Waals surface area contributed by atoms with Crippen molar-refractivity contribution in [3.05, 3.63) is 65.7 Å². The number of rotatable bonds is 7. The SMILES string of the molecule is COc1cccnc1CSc1nnc(CN)n1Cc1ccccc1.Cl. The molecule has 2 N–H and O–H groups in total. The Kier molecular flexibility index (Phi) is 7.24. The molecule has 0 spiro atoms. The molecule has 0 saturated carbocycles. The van der Waals surface area contributed by atoms with Gasteiger partial charge in [0.15, 0.2) is 5.16 Å². The van der Waals surface area contributed by atoms with E-state index in [1.807, 2.05) is 30.3 Å². The van der Waals surface area contributed by atoms with E-state index in [2.05, 4.69) is 31.9 Å². The van der Waals surface area contributed by atoms with E-state index in [9.17, 15) is 0 Å². The van der Waals surface area contributed by atoms with Crippen molar-refractivity contribution in [3.8, 4) is 5.75 Å². The summed E-state index contributed by atoms with van der Waals surface area (Å²) in [6.07, 6.45) is 1.76. The van der Waals surface area contributed by atoms with E-state index in [4.69, 9.17) is 10.5 Å². The third-order valence-corrected chi connectivity index (χ3v) is 4.54. The molecule has 0 amide bonds. The van der Waals surface area contributed by atoms with Crippen LogP contribution in [0.2, 0.25) is 0 Å². The second-order valence-electron chi connectivity index (χ2n) is 5.12. The van der Waals surface area contributed by atoms with E-state index in [0.29, 0.717) is 18.8 Å². The quantitative estimate of drug-likeness (QED) is 0.638. The number of aromatic nitrogens is 4. The summed E-state index contributed by atoms with van der Waals surface area (Å²) in [6, 6.07) is 14.0. The maximum Gasteiger partial charge on any atom is 0.191 e. The van der Waals surface area contributed by atoms with Crippen molar-refractivity contribution >= 4 is 24.2 Å². The largest absolute Gasteiger partial charge is 0.495 e. The third-order valence-electron chi connectivity index (χ3n) is 3.57. The summed E-state index contributed by atoms with van der Waals surface area (Å²) in [5.74, 6) is 2.20. The molecule has 0 fully saturated rings. The monoisotopic (exact) mass is 377 g/mol. The molecule has 1 aromatic carbocycles. The fourth-order valence-corrected chi connectivity index (χ4v) is 3.26. The van der Waals surface area contributed by atoms with Gasteiger partial charge in [-0.15, -0.1) is 22.6 Å². The van der Waals surface area contributed by atoms with Crippen molar-refractivity contribution in [1.82, 2.24) is 19.7 Å². The normalized spacial score (nSPS) is 10.3. The summed E-state index contributed by atoms with van der Waals surface area (Å²) in [6.45, 7) is 1.05. The number of pyridine rings is 1. The molecule has 6 nitrogen and oxygen atoms in total. The predicted molar refractivity (Wildman–Crippen MR) is 101 cm³/mol. The molecule has 0 radical (unpaired) electrons. The molecule has 0 aliphatic heterocycles. The molecule has 132 valence electrons. The molecule has 0 bridgehead atoms. The van der Waals surface area contributed by atoms with Crippen molar-refractivity contribution in [3.63, 3.8) is 0 Å². The van der Waals surface area contributed by atoms with Crippen LogP contribution in [-0.4, -0.2) is 26.9 Å². The van der Waals surface area contributed by atoms with Gasteiger partial charge < -0.3 is 15.0 Å². The van der Waals surface area contributed by atoms with E-state index >= 15 is 0 Å². The average Bonchev–Trinajstić information content (AvgIpc) is 3.02. The van der Waals surface area contributed by atoms with Crippen LogP contribution in [0, 0.1) is 0 Å². The molecule has 0 atom stereocenters. The van der Waals surface area contributed by atoms with Gasteiger partial charge in [0.05, 0.1) is 25.9 Å². The van der Waals surface area contributed by atoms with E-state index < -0.39 is 0 Å². The number of hydrogen-bond acceptors (Lipinski definition) is 6. The first-order valence-corrected chi connectivity index (χ1v) is 8.57. The first-order chi connectivity index (χ1) is 11.8. The molecule has 0 aliphatic rings. The molecule has 0 aliphatic carbocycles. The zero-order valence-corrected chi connectivity index (χ0v) is 15.5. The number of nitrogens with zero attached hydrogens (tertiary/aromatic N) is 4. The summed E-state index contributed by atoms with van der Waals surface area (Å²) >= 11 is 1.58. The fraction of sp³-hybridized carbons (Fsp3) is 0.235. The van der Waals surface area contributed by atoms with Gasteiger partial charge >= 0.3 is 0 Å². The lowest BCUT2D eigenvalue weighted by atomic mass is 10.2. The van der Waals surface area contributed by atoms with Crippen LogP contribution in [0.4, 0.5) is 0 Å². The zero-order valence-electron chi connectivity index (χ0n) is 13.8. The smallest absolute Gasteiger partial charge is 0.191 e. The van der Waals surface area contributed by atoms with Gasteiger partial charge in [-0.1, -0.05) is 42.1 Å². The van der Waals surface area contributed by atoms with Crippen LogP contribution in [0.1, 0.15) is 17.1 Å². The highest BCUT2D eigenvalue weighted by Crippen LogP contribution is 2.26. The maximum atomic E-state index is 5.81. The second-order valence-corrected chi connectivity index (χ2v) is 6.06. The van der Waals surface area contributed by atoms with Crippen molar-refractivity contribution in [2.24, 2.45) is 5.73 Å². The summed E-state index contributed by atoms with van der Waals surface area (Å²) in [5, 5.41) is 9.31. The molecule has 25 heavy (non-hydrogen) atoms. The lowest BCUT2D eigenvalue weighted by molar-refractivity contribution is 0.409. The van der Waals surface area contributed by atoms with Gasteiger partial charge in [0.25, 0.3) is 0 Å². The van der Waals surface area contributed by atoms with Gasteiger partial charge in [0, 0.05) is 11.9 Å². The Morgan fingerprint density at radius 3 is 2.64 bits per heavy atom. The Hall–Kier alpha value is -2.09. The zero-order chi connectivity index (χ0) is 16.8. The molecule has 2 heterocycles. The van der Waals surface area contributed by atoms with Gasteiger partial charge in [0.2, 0.25) is 0 Å². The molecule has 0 unspecified atom stereocenters. The number of thioether (sulfide) groups is 1. The van der Waals surface area contributed by atoms with Crippen molar-refractivity contribution in [2.75, 3.05) is 7.11 Å². The van der Waals surface area contributed by atoms with Crippen LogP contribution in [0.3, 0.4) is 0 Å². The first-order valence-electron chi connectivity index (χ1n) is 7.58. The fourth-order valence-electron chi connectivity index (χ4n) is 2.35. The minimum atomic E-state index is 0. The third kappa shape index (κ3) is 4.72. The molecular weight excluding hydrogens is 358 g/mol. The van der Waals surface area contributed by atoms with Crippen LogP contribution in [0.5, 0.6) is 5.75 Å². The number of methoxy groups -OCH3 is 1. The highest BCUT2D eigenvalue weighted by atomic mass is 35.5. The van der Waals surface area contributed by atoms with Gasteiger partial charge in [0.1, 0.15) is 11.6 Å². The van der Waals surface area contributed by atoms with Gasteiger partial charge in [-0.25, -0.2) is 0 Å². The first kappa shape index (κ1) is 19.2. The molecule has 2 aromatic heterocycles. The van der Waals surface area contributed by atoms with Crippen LogP contribution < -0.4 is 10.5 Å². The number of hydrogen-bond donors (Lipinski definition) is 1. The van der Waals surface area contributed by atoms with Crippen molar-refractivity contribution in [2.45, 2.75) is 24.0 Å². The Morgan fingerprint density at radius 2 is 1.92 bits per heavy atom. The highest BCUT2D eigenvalue weighted by molar-refractivity contribution is 7.98. The molecule has 0 saturated heterocycles. The van der Waals surface area contributed by atoms with Crippen molar-refractivity contribution in [1.29, 1.82) is 0 Å². The molecule has 8 heteroatoms. The van der Waals surface area contributed by atoms with Crippen LogP contribution >= 0.6 is 24.2 Å². The summed E-state index contributed by atoms with van der Waals surface area (Å²) in [5.41, 5.74) is 7.87. The summed E-state index contributed by atoms with van der Waals surface area (Å²) in [7, 11) is 1.65. The summed E-state index contributed by atoms with van der Waals surface area (Å²) in [4.78, 5) is 4.38. The van der Waals surface area contributed by atoms with Gasteiger partial charge in [-0.05, 0) is 17.7 Å². The Morgan fingerprint density at radius 1 is 1.12 bits per heavy atom. The Labute approximate surface area is 157 Å². The van der Waals surface area contributed by atoms with Crippen molar-refractivity contribution < 1.29 is 4.74 Å². The minimum absolute atomic E-state index is 0. The van der Waals surface area contributed by atoms with Crippen LogP contribution in [-0.2, 0) is 18.8 Å². The minimum Gasteiger partial charge on any atom is -0.495 e. The molecule has 3 aromatic rings. The lowest BCUT2D eigenvalue weighted by Gasteiger charge is -2.10. The standard InChI is InChI=1S/C17H19N5OS.ClH/c1-23-15-8-5-9-19-14(15)12-24-17-21-20-16(10-18)22(17)11-13-6-3-2-4-7-13;/h2-9H,10-12,18H2,1H3;1H. The molecular formula is C17H20ClN5OS. The lowest BCUT2D eigenvalue weighted by Crippen LogP contribution is -2.10. The number of ether oxygens (including phenoxy) is 1. The van der Waals surface area contributed by atoms with E-state index in [1.165, 1.54) is 5.56 Å². The molecule has 3 rings (SSSR count). The second kappa shape index (κ2) is 9.41. The summed E-state index contributed by atoms with van der Waals surface area (Å²) < 4.78 is 7.40. The topological polar surface area (TPSA) is 78.8 Å². The van der Waals surface area contributed by atoms with E-state index in [1.54, 1.807) is 25.1 Å². The number of nitrogens with two attached hydrogens (primary N) is 1. The maximum absolute atomic E-state index is 5.81. The Bertz CT molecular complexity index is 797. The Balaban J connectivity index is 0.00000225.